The topological polar surface area (TPSA) is 68.1 Å². The Balaban J connectivity index is 2.95. The molecule has 0 atom stereocenters. The molecule has 1 rings (SSSR count). The minimum atomic E-state index is -0.646. The molecule has 0 amide bonds. The van der Waals surface area contributed by atoms with E-state index in [1.807, 2.05) is 0 Å². The zero-order chi connectivity index (χ0) is 7.56. The largest absolute Gasteiger partial charge is 0.462 e. The number of nitrogens with zero attached hydrogens (tertiary/aromatic N) is 1. The molecule has 0 saturated heterocycles. The van der Waals surface area contributed by atoms with Gasteiger partial charge in [0.1, 0.15) is 0 Å². The summed E-state index contributed by atoms with van der Waals surface area (Å²) in [5.74, 6) is -0.806. The van der Waals surface area contributed by atoms with E-state index in [1.165, 1.54) is 7.11 Å². The number of aromatic amines is 1. The number of hydrogen-bond acceptors (Lipinski definition) is 5. The van der Waals surface area contributed by atoms with Gasteiger partial charge in [-0.15, -0.1) is 5.10 Å². The molecule has 54 valence electrons. The molecule has 0 spiro atoms. The summed E-state index contributed by atoms with van der Waals surface area (Å²) in [5, 5.41) is 5.70. The van der Waals surface area contributed by atoms with Gasteiger partial charge in [0.15, 0.2) is 0 Å². The van der Waals surface area contributed by atoms with Crippen LogP contribution in [-0.4, -0.2) is 23.3 Å². The van der Waals surface area contributed by atoms with Gasteiger partial charge in [0.05, 0.1) is 7.11 Å². The fourth-order valence-electron chi connectivity index (χ4n) is 0.404. The Morgan fingerprint density at radius 1 is 1.90 bits per heavy atom. The Kier molecular flexibility index (Phi) is 1.81. The van der Waals surface area contributed by atoms with E-state index in [0.29, 0.717) is 0 Å². The molecule has 1 aromatic heterocycles. The smallest absolute Gasteiger partial charge is 0.396 e. The van der Waals surface area contributed by atoms with Crippen LogP contribution >= 0.6 is 12.2 Å². The highest BCUT2D eigenvalue weighted by Crippen LogP contribution is 1.95. The summed E-state index contributed by atoms with van der Waals surface area (Å²) >= 11 is 4.51. The maximum absolute atomic E-state index is 10.6. The molecule has 0 aliphatic carbocycles. The van der Waals surface area contributed by atoms with Crippen molar-refractivity contribution < 1.29 is 13.9 Å². The van der Waals surface area contributed by atoms with E-state index in [9.17, 15) is 4.79 Å². The molecule has 1 aromatic rings. The number of rotatable bonds is 1. The second-order valence-electron chi connectivity index (χ2n) is 1.41. The Bertz CT molecular complexity index is 289. The van der Waals surface area contributed by atoms with Crippen LogP contribution in [0.15, 0.2) is 4.42 Å². The average Bonchev–Trinajstić information content (AvgIpc) is 2.34. The van der Waals surface area contributed by atoms with Gasteiger partial charge in [-0.25, -0.2) is 9.89 Å². The summed E-state index contributed by atoms with van der Waals surface area (Å²) < 4.78 is 8.90. The fourth-order valence-corrected chi connectivity index (χ4v) is 0.529. The number of H-pyrrole nitrogens is 1. The first kappa shape index (κ1) is 6.94. The van der Waals surface area contributed by atoms with Gasteiger partial charge < -0.3 is 9.15 Å². The highest BCUT2D eigenvalue weighted by atomic mass is 32.1. The molecule has 5 nitrogen and oxygen atoms in total. The second kappa shape index (κ2) is 2.61. The summed E-state index contributed by atoms with van der Waals surface area (Å²) in [7, 11) is 1.23. The highest BCUT2D eigenvalue weighted by molar-refractivity contribution is 7.71. The molecule has 6 heteroatoms. The van der Waals surface area contributed by atoms with E-state index in [2.05, 4.69) is 31.6 Å². The normalized spacial score (nSPS) is 9.30. The van der Waals surface area contributed by atoms with Crippen LogP contribution in [0.3, 0.4) is 0 Å². The van der Waals surface area contributed by atoms with Crippen molar-refractivity contribution in [1.29, 1.82) is 0 Å². The first-order chi connectivity index (χ1) is 4.74. The van der Waals surface area contributed by atoms with Crippen LogP contribution < -0.4 is 0 Å². The van der Waals surface area contributed by atoms with Crippen molar-refractivity contribution in [2.45, 2.75) is 0 Å². The van der Waals surface area contributed by atoms with Gasteiger partial charge >= 0.3 is 11.9 Å². The highest BCUT2D eigenvalue weighted by Gasteiger charge is 2.10. The van der Waals surface area contributed by atoms with Gasteiger partial charge in [-0.3, -0.25) is 0 Å². The molecule has 0 radical (unpaired) electrons. The molecular weight excluding hydrogens is 156 g/mol. The van der Waals surface area contributed by atoms with Crippen molar-refractivity contribution in [1.82, 2.24) is 10.2 Å². The zero-order valence-corrected chi connectivity index (χ0v) is 5.90. The predicted molar refractivity (Wildman–Crippen MR) is 33.0 cm³/mol. The van der Waals surface area contributed by atoms with Crippen molar-refractivity contribution in [2.75, 3.05) is 7.11 Å². The molecule has 0 aliphatic heterocycles. The summed E-state index contributed by atoms with van der Waals surface area (Å²) in [5.41, 5.74) is 0. The Labute approximate surface area is 61.0 Å². The lowest BCUT2D eigenvalue weighted by molar-refractivity contribution is 0.0555. The van der Waals surface area contributed by atoms with Crippen LogP contribution in [0.2, 0.25) is 0 Å². The van der Waals surface area contributed by atoms with Crippen molar-refractivity contribution >= 4 is 18.2 Å². The number of methoxy groups -OCH3 is 1. The molecule has 0 aromatic carbocycles. The molecule has 0 saturated carbocycles. The molecule has 1 heterocycles. The lowest BCUT2D eigenvalue weighted by Gasteiger charge is -1.87. The number of nitrogens with one attached hydrogen (secondary N) is 1. The van der Waals surface area contributed by atoms with E-state index in [4.69, 9.17) is 0 Å². The van der Waals surface area contributed by atoms with Crippen LogP contribution in [0.25, 0.3) is 0 Å². The average molecular weight is 160 g/mol. The van der Waals surface area contributed by atoms with Crippen LogP contribution in [-0.2, 0) is 4.74 Å². The number of carbonyl (C=O) groups excluding carboxylic acids is 1. The fraction of sp³-hybridized carbons (Fsp3) is 0.250. The first-order valence-electron chi connectivity index (χ1n) is 2.38. The molecular formula is C4H4N2O3S. The van der Waals surface area contributed by atoms with Crippen molar-refractivity contribution in [3.05, 3.63) is 10.7 Å². The number of carbonyl (C=O) groups is 1. The van der Waals surface area contributed by atoms with Gasteiger partial charge in [0, 0.05) is 0 Å². The van der Waals surface area contributed by atoms with Gasteiger partial charge in [0.25, 0.3) is 4.84 Å². The van der Waals surface area contributed by atoms with Crippen LogP contribution in [0.4, 0.5) is 0 Å². The van der Waals surface area contributed by atoms with Gasteiger partial charge in [0.2, 0.25) is 0 Å². The SMILES string of the molecule is COC(=O)c1n[nH]c(=S)o1. The van der Waals surface area contributed by atoms with Crippen LogP contribution in [0.5, 0.6) is 0 Å². The summed E-state index contributed by atoms with van der Waals surface area (Å²) in [6.07, 6.45) is 0. The predicted octanol–water partition coefficient (Wildman–Crippen LogP) is 0.519. The Morgan fingerprint density at radius 3 is 3.00 bits per heavy atom. The van der Waals surface area contributed by atoms with Gasteiger partial charge in [-0.2, -0.15) is 0 Å². The third-order valence-corrected chi connectivity index (χ3v) is 0.973. The quantitative estimate of drug-likeness (QED) is 0.479. The maximum Gasteiger partial charge on any atom is 0.396 e. The molecule has 1 N–H and O–H groups in total. The van der Waals surface area contributed by atoms with Crippen LogP contribution in [0, 0.1) is 4.84 Å². The second-order valence-corrected chi connectivity index (χ2v) is 1.78. The number of aromatic nitrogens is 2. The lowest BCUT2D eigenvalue weighted by atomic mass is 10.7. The third kappa shape index (κ3) is 1.21. The molecule has 0 bridgehead atoms. The summed E-state index contributed by atoms with van der Waals surface area (Å²) in [4.78, 5) is 10.6. The van der Waals surface area contributed by atoms with E-state index in [1.54, 1.807) is 0 Å². The number of ether oxygens (including phenoxy) is 1. The first-order valence-corrected chi connectivity index (χ1v) is 2.78. The molecule has 0 fully saturated rings. The lowest BCUT2D eigenvalue weighted by Crippen LogP contribution is -2.00. The minimum absolute atomic E-state index is 0.0559. The standard InChI is InChI=1S/C4H4N2O3S/c1-8-3(7)2-5-6-4(10)9-2/h1H3,(H,6,10). The molecule has 0 unspecified atom stereocenters. The van der Waals surface area contributed by atoms with E-state index in [0.717, 1.165) is 0 Å². The van der Waals surface area contributed by atoms with Gasteiger partial charge in [-0.05, 0) is 12.2 Å². The van der Waals surface area contributed by atoms with E-state index in [-0.39, 0.29) is 10.7 Å². The maximum atomic E-state index is 10.6. The summed E-state index contributed by atoms with van der Waals surface area (Å²) in [6, 6.07) is 0. The van der Waals surface area contributed by atoms with Crippen molar-refractivity contribution in [3.63, 3.8) is 0 Å². The zero-order valence-electron chi connectivity index (χ0n) is 5.08. The monoisotopic (exact) mass is 160 g/mol. The van der Waals surface area contributed by atoms with E-state index >= 15 is 0 Å². The van der Waals surface area contributed by atoms with Crippen LogP contribution in [0.1, 0.15) is 10.7 Å². The number of esters is 1. The Hall–Kier alpha value is -1.17. The Morgan fingerprint density at radius 2 is 2.60 bits per heavy atom. The molecule has 10 heavy (non-hydrogen) atoms. The van der Waals surface area contributed by atoms with Crippen molar-refractivity contribution in [2.24, 2.45) is 0 Å². The van der Waals surface area contributed by atoms with E-state index < -0.39 is 5.97 Å². The number of hydrogen-bond donors (Lipinski definition) is 1. The third-order valence-electron chi connectivity index (χ3n) is 0.798. The summed E-state index contributed by atoms with van der Waals surface area (Å²) in [6.45, 7) is 0. The minimum Gasteiger partial charge on any atom is -0.462 e. The van der Waals surface area contributed by atoms with Gasteiger partial charge in [-0.1, -0.05) is 0 Å². The molecule has 0 aliphatic rings. The van der Waals surface area contributed by atoms with Crippen molar-refractivity contribution in [3.8, 4) is 0 Å².